The molecule has 0 radical (unpaired) electrons. The fourth-order valence-electron chi connectivity index (χ4n) is 2.76. The predicted octanol–water partition coefficient (Wildman–Crippen LogP) is 1.08. The summed E-state index contributed by atoms with van der Waals surface area (Å²) >= 11 is 3.39. The summed E-state index contributed by atoms with van der Waals surface area (Å²) in [5, 5.41) is 5.19. The molecule has 0 spiro atoms. The summed E-state index contributed by atoms with van der Waals surface area (Å²) in [6, 6.07) is 2.08. The second-order valence-electron chi connectivity index (χ2n) is 5.35. The van der Waals surface area contributed by atoms with Crippen LogP contribution < -0.4 is 31.4 Å². The number of aromatic amines is 1. The molecular formula is C15H15BrN4O5. The third-order valence-corrected chi connectivity index (χ3v) is 4.53. The van der Waals surface area contributed by atoms with Gasteiger partial charge in [0, 0.05) is 7.05 Å². The van der Waals surface area contributed by atoms with Crippen molar-refractivity contribution in [3.05, 3.63) is 48.6 Å². The van der Waals surface area contributed by atoms with Crippen molar-refractivity contribution in [3.8, 4) is 11.5 Å². The smallest absolute Gasteiger partial charge is 0.329 e. The first kappa shape index (κ1) is 17.1. The summed E-state index contributed by atoms with van der Waals surface area (Å²) in [6.45, 7) is 0. The van der Waals surface area contributed by atoms with Crippen LogP contribution in [0.5, 0.6) is 11.5 Å². The number of aromatic nitrogens is 2. The van der Waals surface area contributed by atoms with E-state index in [-0.39, 0.29) is 11.4 Å². The van der Waals surface area contributed by atoms with Crippen molar-refractivity contribution in [2.45, 2.75) is 6.04 Å². The fraction of sp³-hybridized carbons (Fsp3) is 0.267. The van der Waals surface area contributed by atoms with Crippen LogP contribution in [0.2, 0.25) is 0 Å². The lowest BCUT2D eigenvalue weighted by Gasteiger charge is -2.28. The van der Waals surface area contributed by atoms with Gasteiger partial charge in [0.15, 0.2) is 11.5 Å². The van der Waals surface area contributed by atoms with E-state index in [9.17, 15) is 14.4 Å². The molecule has 1 aliphatic heterocycles. The maximum atomic E-state index is 12.4. The van der Waals surface area contributed by atoms with Crippen LogP contribution in [0.15, 0.2) is 26.2 Å². The molecule has 0 saturated carbocycles. The third-order valence-electron chi connectivity index (χ3n) is 3.95. The molecule has 0 bridgehead atoms. The topological polar surface area (TPSA) is 114 Å². The average Bonchev–Trinajstić information content (AvgIpc) is 2.58. The van der Waals surface area contributed by atoms with Crippen LogP contribution in [0.1, 0.15) is 17.2 Å². The number of anilines is 1. The Bertz CT molecular complexity index is 981. The molecule has 1 aromatic carbocycles. The standard InChI is InChI=1S/C15H15BrN4O5/c1-20-12-9(13(21)19-15(20)23)10(17-14(22)18-12)6-4-7(16)11(25-3)8(5-6)24-2/h4-5,10H,1-3H3,(H2,17,18,22)(H,19,21,23). The molecule has 0 saturated heterocycles. The van der Waals surface area contributed by atoms with E-state index in [2.05, 4.69) is 31.5 Å². The number of H-pyrrole nitrogens is 1. The number of carbonyl (C=O) groups excluding carboxylic acids is 1. The van der Waals surface area contributed by atoms with E-state index in [4.69, 9.17) is 9.47 Å². The summed E-state index contributed by atoms with van der Waals surface area (Å²) in [5.74, 6) is 1.07. The Hall–Kier alpha value is -2.75. The summed E-state index contributed by atoms with van der Waals surface area (Å²) in [5.41, 5.74) is -0.384. The zero-order valence-corrected chi connectivity index (χ0v) is 15.2. The number of carbonyl (C=O) groups is 1. The van der Waals surface area contributed by atoms with Crippen molar-refractivity contribution in [1.29, 1.82) is 0 Å². The van der Waals surface area contributed by atoms with E-state index < -0.39 is 23.3 Å². The summed E-state index contributed by atoms with van der Waals surface area (Å²) in [4.78, 5) is 38.4. The van der Waals surface area contributed by atoms with Gasteiger partial charge in [0.25, 0.3) is 5.56 Å². The molecule has 3 rings (SSSR count). The van der Waals surface area contributed by atoms with Gasteiger partial charge in [-0.1, -0.05) is 0 Å². The molecule has 132 valence electrons. The maximum Gasteiger partial charge on any atom is 0.329 e. The lowest BCUT2D eigenvalue weighted by atomic mass is 9.98. The number of rotatable bonds is 3. The van der Waals surface area contributed by atoms with E-state index in [1.807, 2.05) is 0 Å². The van der Waals surface area contributed by atoms with Gasteiger partial charge < -0.3 is 14.8 Å². The Morgan fingerprint density at radius 1 is 1.16 bits per heavy atom. The highest BCUT2D eigenvalue weighted by Gasteiger charge is 2.31. The van der Waals surface area contributed by atoms with Crippen molar-refractivity contribution in [2.24, 2.45) is 7.05 Å². The molecule has 25 heavy (non-hydrogen) atoms. The zero-order chi connectivity index (χ0) is 18.3. The maximum absolute atomic E-state index is 12.4. The lowest BCUT2D eigenvalue weighted by Crippen LogP contribution is -2.46. The van der Waals surface area contributed by atoms with Gasteiger partial charge >= 0.3 is 11.7 Å². The number of benzene rings is 1. The van der Waals surface area contributed by atoms with Crippen LogP contribution in [-0.2, 0) is 7.05 Å². The molecule has 2 aromatic rings. The van der Waals surface area contributed by atoms with Crippen LogP contribution in [0.4, 0.5) is 10.6 Å². The number of nitrogens with one attached hydrogen (secondary N) is 3. The quantitative estimate of drug-likeness (QED) is 0.700. The van der Waals surface area contributed by atoms with Gasteiger partial charge in [0.05, 0.1) is 30.3 Å². The normalized spacial score (nSPS) is 15.8. The highest BCUT2D eigenvalue weighted by Crippen LogP contribution is 2.39. The molecule has 3 N–H and O–H groups in total. The van der Waals surface area contributed by atoms with E-state index in [0.717, 1.165) is 0 Å². The Labute approximate surface area is 150 Å². The number of hydrogen-bond donors (Lipinski definition) is 3. The monoisotopic (exact) mass is 410 g/mol. The molecule has 2 heterocycles. The average molecular weight is 411 g/mol. The second-order valence-corrected chi connectivity index (χ2v) is 6.20. The van der Waals surface area contributed by atoms with Crippen molar-refractivity contribution in [2.75, 3.05) is 19.5 Å². The minimum atomic E-state index is -0.768. The van der Waals surface area contributed by atoms with Gasteiger partial charge in [-0.3, -0.25) is 19.7 Å². The molecule has 0 aliphatic carbocycles. The van der Waals surface area contributed by atoms with Crippen LogP contribution in [-0.4, -0.2) is 29.8 Å². The predicted molar refractivity (Wildman–Crippen MR) is 93.5 cm³/mol. The molecular weight excluding hydrogens is 396 g/mol. The van der Waals surface area contributed by atoms with Gasteiger partial charge in [-0.05, 0) is 33.6 Å². The van der Waals surface area contributed by atoms with Crippen molar-refractivity contribution in [1.82, 2.24) is 14.9 Å². The Kier molecular flexibility index (Phi) is 4.29. The minimum Gasteiger partial charge on any atom is -0.493 e. The highest BCUT2D eigenvalue weighted by atomic mass is 79.9. The number of amides is 2. The largest absolute Gasteiger partial charge is 0.493 e. The van der Waals surface area contributed by atoms with Crippen LogP contribution in [0, 0.1) is 0 Å². The lowest BCUT2D eigenvalue weighted by molar-refractivity contribution is 0.248. The Morgan fingerprint density at radius 3 is 2.52 bits per heavy atom. The van der Waals surface area contributed by atoms with Gasteiger partial charge in [-0.25, -0.2) is 9.59 Å². The van der Waals surface area contributed by atoms with Crippen molar-refractivity contribution >= 4 is 27.8 Å². The molecule has 2 amide bonds. The van der Waals surface area contributed by atoms with Gasteiger partial charge in [-0.15, -0.1) is 0 Å². The number of halogens is 1. The molecule has 1 aromatic heterocycles. The summed E-state index contributed by atoms with van der Waals surface area (Å²) < 4.78 is 12.4. The fourth-order valence-corrected chi connectivity index (χ4v) is 3.38. The molecule has 1 aliphatic rings. The van der Waals surface area contributed by atoms with Gasteiger partial charge in [0.2, 0.25) is 0 Å². The third kappa shape index (κ3) is 2.78. The highest BCUT2D eigenvalue weighted by molar-refractivity contribution is 9.10. The number of hydrogen-bond acceptors (Lipinski definition) is 5. The van der Waals surface area contributed by atoms with Gasteiger partial charge in [-0.2, -0.15) is 0 Å². The van der Waals surface area contributed by atoms with E-state index >= 15 is 0 Å². The number of nitrogens with zero attached hydrogens (tertiary/aromatic N) is 1. The van der Waals surface area contributed by atoms with Crippen LogP contribution in [0.3, 0.4) is 0 Å². The van der Waals surface area contributed by atoms with Crippen molar-refractivity contribution < 1.29 is 14.3 Å². The summed E-state index contributed by atoms with van der Waals surface area (Å²) in [7, 11) is 4.45. The van der Waals surface area contributed by atoms with E-state index in [1.54, 1.807) is 12.1 Å². The number of methoxy groups -OCH3 is 2. The van der Waals surface area contributed by atoms with Crippen LogP contribution in [0.25, 0.3) is 0 Å². The van der Waals surface area contributed by atoms with E-state index in [1.165, 1.54) is 25.8 Å². The van der Waals surface area contributed by atoms with Gasteiger partial charge in [0.1, 0.15) is 5.82 Å². The van der Waals surface area contributed by atoms with Crippen LogP contribution >= 0.6 is 15.9 Å². The molecule has 9 nitrogen and oxygen atoms in total. The van der Waals surface area contributed by atoms with E-state index in [0.29, 0.717) is 21.5 Å². The first-order valence-corrected chi connectivity index (χ1v) is 7.98. The molecule has 0 fully saturated rings. The minimum absolute atomic E-state index is 0.147. The number of fused-ring (bicyclic) bond motifs is 1. The second kappa shape index (κ2) is 6.28. The first-order valence-electron chi connectivity index (χ1n) is 7.19. The number of ether oxygens (including phenoxy) is 2. The molecule has 1 atom stereocenters. The SMILES string of the molecule is COc1cc(C2NC(=O)Nc3c2c(=O)[nH]c(=O)n3C)cc(Br)c1OC. The number of urea groups is 1. The Balaban J connectivity index is 2.26. The molecule has 1 unspecified atom stereocenters. The van der Waals surface area contributed by atoms with Crippen molar-refractivity contribution in [3.63, 3.8) is 0 Å². The summed E-state index contributed by atoms with van der Waals surface area (Å²) in [6.07, 6.45) is 0. The molecule has 10 heteroatoms. The zero-order valence-electron chi connectivity index (χ0n) is 13.6. The Morgan fingerprint density at radius 2 is 1.88 bits per heavy atom. The first-order chi connectivity index (χ1) is 11.9.